The van der Waals surface area contributed by atoms with Crippen LogP contribution < -0.4 is 10.0 Å². The fourth-order valence-electron chi connectivity index (χ4n) is 3.54. The van der Waals surface area contributed by atoms with Crippen molar-refractivity contribution in [2.45, 2.75) is 6.18 Å². The van der Waals surface area contributed by atoms with Crippen molar-refractivity contribution in [3.63, 3.8) is 0 Å². The molecule has 170 valence electrons. The highest BCUT2D eigenvalue weighted by atomic mass is 32.2. The predicted octanol–water partition coefficient (Wildman–Crippen LogP) is 5.48. The number of hydrogen-bond acceptors (Lipinski definition) is 3. The molecular weight excluding hydrogens is 455 g/mol. The third kappa shape index (κ3) is 5.01. The molecule has 0 atom stereocenters. The molecule has 0 aliphatic heterocycles. The Balaban J connectivity index is 1.61. The normalized spacial score (nSPS) is 12.0. The second-order valence-corrected chi connectivity index (χ2v) is 9.16. The van der Waals surface area contributed by atoms with Crippen LogP contribution in [0.1, 0.15) is 15.9 Å². The van der Waals surface area contributed by atoms with Crippen molar-refractivity contribution < 1.29 is 26.4 Å². The minimum absolute atomic E-state index is 0.0131. The van der Waals surface area contributed by atoms with Gasteiger partial charge < -0.3 is 10.3 Å². The first-order valence-electron chi connectivity index (χ1n) is 9.68. The summed E-state index contributed by atoms with van der Waals surface area (Å²) in [7, 11) is -3.45. The zero-order chi connectivity index (χ0) is 23.8. The molecule has 0 aliphatic rings. The highest BCUT2D eigenvalue weighted by Crippen LogP contribution is 2.37. The zero-order valence-electron chi connectivity index (χ0n) is 17.2. The van der Waals surface area contributed by atoms with Gasteiger partial charge in [-0.3, -0.25) is 9.52 Å². The van der Waals surface area contributed by atoms with Gasteiger partial charge in [0.15, 0.2) is 0 Å². The maximum Gasteiger partial charge on any atom is 0.417 e. The van der Waals surface area contributed by atoms with Crippen LogP contribution in [0.25, 0.3) is 22.0 Å². The van der Waals surface area contributed by atoms with Crippen molar-refractivity contribution in [2.24, 2.45) is 0 Å². The van der Waals surface area contributed by atoms with Crippen molar-refractivity contribution >= 4 is 38.2 Å². The maximum atomic E-state index is 13.4. The second-order valence-electron chi connectivity index (χ2n) is 7.42. The van der Waals surface area contributed by atoms with Gasteiger partial charge in [-0.15, -0.1) is 0 Å². The molecule has 4 rings (SSSR count). The van der Waals surface area contributed by atoms with Gasteiger partial charge >= 0.3 is 6.18 Å². The Bertz CT molecular complexity index is 1460. The molecule has 0 spiro atoms. The van der Waals surface area contributed by atoms with Crippen LogP contribution in [0.2, 0.25) is 0 Å². The number of anilines is 2. The smallest absolute Gasteiger partial charge is 0.360 e. The first-order valence-corrected chi connectivity index (χ1v) is 11.6. The number of sulfonamides is 1. The molecule has 0 saturated heterocycles. The van der Waals surface area contributed by atoms with Crippen molar-refractivity contribution in [3.8, 4) is 11.1 Å². The Morgan fingerprint density at radius 2 is 1.70 bits per heavy atom. The van der Waals surface area contributed by atoms with Crippen molar-refractivity contribution in [1.82, 2.24) is 4.98 Å². The summed E-state index contributed by atoms with van der Waals surface area (Å²) >= 11 is 0. The number of amides is 1. The number of halogens is 3. The number of alkyl halides is 3. The molecule has 1 heterocycles. The third-order valence-electron chi connectivity index (χ3n) is 4.89. The van der Waals surface area contributed by atoms with Crippen LogP contribution in [0.3, 0.4) is 0 Å². The molecule has 3 N–H and O–H groups in total. The first kappa shape index (κ1) is 22.4. The number of aromatic nitrogens is 1. The summed E-state index contributed by atoms with van der Waals surface area (Å²) in [5.74, 6) is -0.466. The number of H-pyrrole nitrogens is 1. The summed E-state index contributed by atoms with van der Waals surface area (Å²) < 4.78 is 65.3. The molecule has 33 heavy (non-hydrogen) atoms. The van der Waals surface area contributed by atoms with E-state index in [-0.39, 0.29) is 5.56 Å². The number of rotatable bonds is 5. The number of carbonyl (C=O) groups is 1. The molecule has 0 bridgehead atoms. The van der Waals surface area contributed by atoms with Crippen LogP contribution in [-0.4, -0.2) is 25.6 Å². The van der Waals surface area contributed by atoms with E-state index >= 15 is 0 Å². The molecule has 0 unspecified atom stereocenters. The lowest BCUT2D eigenvalue weighted by Crippen LogP contribution is -2.12. The molecule has 6 nitrogen and oxygen atoms in total. The lowest BCUT2D eigenvalue weighted by atomic mass is 9.99. The van der Waals surface area contributed by atoms with Crippen LogP contribution in [0.5, 0.6) is 0 Å². The Morgan fingerprint density at radius 1 is 0.939 bits per heavy atom. The minimum Gasteiger partial charge on any atom is -0.360 e. The highest BCUT2D eigenvalue weighted by Gasteiger charge is 2.33. The summed E-state index contributed by atoms with van der Waals surface area (Å²) in [5.41, 5.74) is 1.09. The van der Waals surface area contributed by atoms with Gasteiger partial charge in [0.25, 0.3) is 5.91 Å². The second kappa shape index (κ2) is 8.28. The molecule has 10 heteroatoms. The Morgan fingerprint density at radius 3 is 2.42 bits per heavy atom. The Labute approximate surface area is 187 Å². The molecule has 0 aliphatic carbocycles. The van der Waals surface area contributed by atoms with Gasteiger partial charge in [0.2, 0.25) is 10.0 Å². The summed E-state index contributed by atoms with van der Waals surface area (Å²) in [6, 6.07) is 16.1. The van der Waals surface area contributed by atoms with Crippen LogP contribution in [0.15, 0.2) is 72.9 Å². The highest BCUT2D eigenvalue weighted by molar-refractivity contribution is 7.92. The van der Waals surface area contributed by atoms with E-state index in [9.17, 15) is 26.4 Å². The van der Waals surface area contributed by atoms with Gasteiger partial charge in [-0.2, -0.15) is 13.2 Å². The van der Waals surface area contributed by atoms with Gasteiger partial charge in [-0.05, 0) is 47.5 Å². The van der Waals surface area contributed by atoms with Crippen LogP contribution in [-0.2, 0) is 16.2 Å². The first-order chi connectivity index (χ1) is 15.5. The van der Waals surface area contributed by atoms with Gasteiger partial charge in [0.1, 0.15) is 0 Å². The lowest BCUT2D eigenvalue weighted by molar-refractivity contribution is -0.137. The summed E-state index contributed by atoms with van der Waals surface area (Å²) in [5, 5.41) is 3.27. The van der Waals surface area contributed by atoms with Crippen molar-refractivity contribution in [3.05, 3.63) is 84.1 Å². The summed E-state index contributed by atoms with van der Waals surface area (Å²) in [6.07, 6.45) is -2.00. The van der Waals surface area contributed by atoms with Crippen LogP contribution in [0, 0.1) is 0 Å². The van der Waals surface area contributed by atoms with Crippen molar-refractivity contribution in [1.29, 1.82) is 0 Å². The lowest BCUT2D eigenvalue weighted by Gasteiger charge is -2.14. The minimum atomic E-state index is -4.51. The monoisotopic (exact) mass is 473 g/mol. The van der Waals surface area contributed by atoms with E-state index in [4.69, 9.17) is 0 Å². The van der Waals surface area contributed by atoms with E-state index in [1.807, 2.05) is 0 Å². The molecular formula is C23H18F3N3O3S. The van der Waals surface area contributed by atoms with Gasteiger partial charge in [-0.1, -0.05) is 30.3 Å². The van der Waals surface area contributed by atoms with Gasteiger partial charge in [0.05, 0.1) is 23.1 Å². The quantitative estimate of drug-likeness (QED) is 0.359. The van der Waals surface area contributed by atoms with Gasteiger partial charge in [-0.25, -0.2) is 8.42 Å². The number of aromatic amines is 1. The third-order valence-corrected chi connectivity index (χ3v) is 5.50. The molecule has 4 aromatic rings. The van der Waals surface area contributed by atoms with Crippen LogP contribution >= 0.6 is 0 Å². The number of carbonyl (C=O) groups excluding carboxylic acids is 1. The predicted molar refractivity (Wildman–Crippen MR) is 122 cm³/mol. The fraction of sp³-hybridized carbons (Fsp3) is 0.0870. The molecule has 1 amide bonds. The standard InChI is InChI=1S/C23H18F3N3O3S/c1-33(31,32)29-16-9-10-18-19(13-27-21(18)12-16)22(30)28-15-6-4-5-14(11-15)17-7-2-3-8-20(17)23(24,25)26/h2-13,27,29H,1H3,(H,28,30). The number of benzene rings is 3. The number of fused-ring (bicyclic) bond motifs is 1. The van der Waals surface area contributed by atoms with E-state index in [0.29, 0.717) is 33.4 Å². The zero-order valence-corrected chi connectivity index (χ0v) is 18.0. The van der Waals surface area contributed by atoms with Crippen molar-refractivity contribution in [2.75, 3.05) is 16.3 Å². The largest absolute Gasteiger partial charge is 0.417 e. The maximum absolute atomic E-state index is 13.4. The Kier molecular flexibility index (Phi) is 5.62. The Hall–Kier alpha value is -3.79. The molecule has 0 fully saturated rings. The SMILES string of the molecule is CS(=O)(=O)Nc1ccc2c(C(=O)Nc3cccc(-c4ccccc4C(F)(F)F)c3)c[nH]c2c1. The number of nitrogens with one attached hydrogen (secondary N) is 3. The summed E-state index contributed by atoms with van der Waals surface area (Å²) in [6.45, 7) is 0. The summed E-state index contributed by atoms with van der Waals surface area (Å²) in [4.78, 5) is 15.8. The average molecular weight is 473 g/mol. The molecule has 0 radical (unpaired) electrons. The van der Waals surface area contributed by atoms with Crippen LogP contribution in [0.4, 0.5) is 24.5 Å². The van der Waals surface area contributed by atoms with E-state index < -0.39 is 27.7 Å². The average Bonchev–Trinajstić information content (AvgIpc) is 3.15. The van der Waals surface area contributed by atoms with E-state index in [1.165, 1.54) is 36.5 Å². The van der Waals surface area contributed by atoms with E-state index in [1.54, 1.807) is 30.3 Å². The number of hydrogen-bond donors (Lipinski definition) is 3. The van der Waals surface area contributed by atoms with E-state index in [2.05, 4.69) is 15.0 Å². The molecule has 0 saturated carbocycles. The van der Waals surface area contributed by atoms with Gasteiger partial charge in [0, 0.05) is 22.8 Å². The molecule has 1 aromatic heterocycles. The topological polar surface area (TPSA) is 91.1 Å². The van der Waals surface area contributed by atoms with E-state index in [0.717, 1.165) is 12.3 Å². The fourth-order valence-corrected chi connectivity index (χ4v) is 4.09. The molecule has 3 aromatic carbocycles.